The summed E-state index contributed by atoms with van der Waals surface area (Å²) in [6, 6.07) is 1.89. The number of ether oxygens (including phenoxy) is 1. The Morgan fingerprint density at radius 3 is 3.06 bits per heavy atom. The number of nitrogens with two attached hydrogens (primary N) is 1. The summed E-state index contributed by atoms with van der Waals surface area (Å²) in [7, 11) is 0. The van der Waals surface area contributed by atoms with Crippen molar-refractivity contribution in [1.29, 1.82) is 0 Å². The first-order valence-electron chi connectivity index (χ1n) is 5.06. The Kier molecular flexibility index (Phi) is 5.88. The van der Waals surface area contributed by atoms with Crippen molar-refractivity contribution < 1.29 is 9.53 Å². The lowest BCUT2D eigenvalue weighted by molar-refractivity contribution is -0.0166. The Morgan fingerprint density at radius 1 is 1.71 bits per heavy atom. The second kappa shape index (κ2) is 6.70. The van der Waals surface area contributed by atoms with Gasteiger partial charge in [-0.3, -0.25) is 4.79 Å². The summed E-state index contributed by atoms with van der Waals surface area (Å²) in [4.78, 5) is 14.7. The van der Waals surface area contributed by atoms with E-state index in [9.17, 15) is 4.79 Å². The van der Waals surface area contributed by atoms with E-state index in [1.165, 1.54) is 11.3 Å². The Morgan fingerprint density at radius 2 is 2.47 bits per heavy atom. The van der Waals surface area contributed by atoms with Crippen LogP contribution in [0.3, 0.4) is 0 Å². The second-order valence-electron chi connectivity index (χ2n) is 3.58. The first kappa shape index (κ1) is 14.9. The molecular formula is C10H14BrClN2O2S. The molecule has 4 nitrogen and oxygen atoms in total. The molecule has 0 saturated carbocycles. The number of carbonyl (C=O) groups excluding carboxylic acids is 1. The zero-order valence-corrected chi connectivity index (χ0v) is 12.3. The predicted octanol–water partition coefficient (Wildman–Crippen LogP) is 1.73. The maximum Gasteiger partial charge on any atom is 0.265 e. The minimum atomic E-state index is -0.0311. The predicted molar refractivity (Wildman–Crippen MR) is 74.0 cm³/mol. The highest BCUT2D eigenvalue weighted by molar-refractivity contribution is 9.10. The van der Waals surface area contributed by atoms with Gasteiger partial charge in [-0.05, 0) is 27.4 Å². The zero-order chi connectivity index (χ0) is 11.5. The van der Waals surface area contributed by atoms with Crippen molar-refractivity contribution >= 4 is 45.6 Å². The normalized spacial score (nSPS) is 19.9. The molecule has 1 aromatic heterocycles. The van der Waals surface area contributed by atoms with Gasteiger partial charge < -0.3 is 15.4 Å². The third-order valence-electron chi connectivity index (χ3n) is 2.50. The van der Waals surface area contributed by atoms with Gasteiger partial charge >= 0.3 is 0 Å². The molecule has 1 amide bonds. The topological polar surface area (TPSA) is 55.6 Å². The molecule has 1 aliphatic rings. The molecule has 2 heterocycles. The first-order chi connectivity index (χ1) is 7.72. The molecule has 0 spiro atoms. The van der Waals surface area contributed by atoms with Crippen LogP contribution in [0.2, 0.25) is 0 Å². The van der Waals surface area contributed by atoms with Gasteiger partial charge in [-0.25, -0.2) is 0 Å². The average Bonchev–Trinajstić information content (AvgIpc) is 2.74. The SMILES string of the molecule is Cl.NCC1CN(C(=O)c2sccc2Br)CCO1. The highest BCUT2D eigenvalue weighted by atomic mass is 79.9. The van der Waals surface area contributed by atoms with Crippen molar-refractivity contribution in [2.45, 2.75) is 6.10 Å². The molecule has 2 rings (SSSR count). The fraction of sp³-hybridized carbons (Fsp3) is 0.500. The number of hydrogen-bond donors (Lipinski definition) is 1. The number of rotatable bonds is 2. The lowest BCUT2D eigenvalue weighted by Gasteiger charge is -2.32. The monoisotopic (exact) mass is 340 g/mol. The van der Waals surface area contributed by atoms with E-state index >= 15 is 0 Å². The number of halogens is 2. The molecule has 1 aromatic rings. The number of hydrogen-bond acceptors (Lipinski definition) is 4. The number of morpholine rings is 1. The number of carbonyl (C=O) groups is 1. The van der Waals surface area contributed by atoms with Crippen molar-refractivity contribution in [2.75, 3.05) is 26.2 Å². The van der Waals surface area contributed by atoms with Gasteiger partial charge in [0.05, 0.1) is 12.7 Å². The van der Waals surface area contributed by atoms with E-state index in [1.807, 2.05) is 11.4 Å². The van der Waals surface area contributed by atoms with Gasteiger partial charge in [0.1, 0.15) is 4.88 Å². The Labute approximate surface area is 119 Å². The van der Waals surface area contributed by atoms with Crippen molar-refractivity contribution in [3.63, 3.8) is 0 Å². The number of thiophene rings is 1. The molecular weight excluding hydrogens is 328 g/mol. The van der Waals surface area contributed by atoms with Gasteiger partial charge in [0.25, 0.3) is 5.91 Å². The molecule has 0 aromatic carbocycles. The van der Waals surface area contributed by atoms with Crippen LogP contribution < -0.4 is 5.73 Å². The Balaban J connectivity index is 0.00000144. The lowest BCUT2D eigenvalue weighted by atomic mass is 10.2. The second-order valence-corrected chi connectivity index (χ2v) is 5.35. The van der Waals surface area contributed by atoms with Gasteiger partial charge in [-0.2, -0.15) is 0 Å². The molecule has 7 heteroatoms. The van der Waals surface area contributed by atoms with Gasteiger partial charge in [-0.1, -0.05) is 0 Å². The van der Waals surface area contributed by atoms with E-state index in [4.69, 9.17) is 10.5 Å². The molecule has 1 unspecified atom stereocenters. The van der Waals surface area contributed by atoms with Crippen LogP contribution in [0.25, 0.3) is 0 Å². The van der Waals surface area contributed by atoms with Crippen LogP contribution in [-0.2, 0) is 4.74 Å². The molecule has 2 N–H and O–H groups in total. The van der Waals surface area contributed by atoms with Gasteiger partial charge in [0.2, 0.25) is 0 Å². The van der Waals surface area contributed by atoms with E-state index in [-0.39, 0.29) is 24.4 Å². The lowest BCUT2D eigenvalue weighted by Crippen LogP contribution is -2.48. The Bertz CT molecular complexity index is 388. The van der Waals surface area contributed by atoms with Crippen LogP contribution >= 0.6 is 39.7 Å². The fourth-order valence-electron chi connectivity index (χ4n) is 1.64. The van der Waals surface area contributed by atoms with E-state index in [2.05, 4.69) is 15.9 Å². The third kappa shape index (κ3) is 3.42. The van der Waals surface area contributed by atoms with Gasteiger partial charge in [0.15, 0.2) is 0 Å². The van der Waals surface area contributed by atoms with E-state index in [0.29, 0.717) is 26.2 Å². The van der Waals surface area contributed by atoms with Crippen LogP contribution in [-0.4, -0.2) is 43.2 Å². The largest absolute Gasteiger partial charge is 0.373 e. The van der Waals surface area contributed by atoms with Crippen LogP contribution in [0.4, 0.5) is 0 Å². The Hall–Kier alpha value is -0.140. The van der Waals surface area contributed by atoms with Crippen molar-refractivity contribution in [1.82, 2.24) is 4.90 Å². The van der Waals surface area contributed by atoms with Crippen molar-refractivity contribution in [2.24, 2.45) is 5.73 Å². The van der Waals surface area contributed by atoms with Crippen molar-refractivity contribution in [3.05, 3.63) is 20.8 Å². The van der Waals surface area contributed by atoms with Crippen LogP contribution in [0.15, 0.2) is 15.9 Å². The molecule has 96 valence electrons. The van der Waals surface area contributed by atoms with E-state index in [1.54, 1.807) is 4.90 Å². The number of amides is 1. The first-order valence-corrected chi connectivity index (χ1v) is 6.73. The minimum absolute atomic E-state index is 0. The summed E-state index contributed by atoms with van der Waals surface area (Å²) in [5.41, 5.74) is 5.54. The fourth-order valence-corrected chi connectivity index (χ4v) is 3.14. The molecule has 1 aliphatic heterocycles. The zero-order valence-electron chi connectivity index (χ0n) is 9.10. The summed E-state index contributed by atoms with van der Waals surface area (Å²) < 4.78 is 6.29. The van der Waals surface area contributed by atoms with E-state index in [0.717, 1.165) is 9.35 Å². The highest BCUT2D eigenvalue weighted by Crippen LogP contribution is 2.24. The van der Waals surface area contributed by atoms with E-state index < -0.39 is 0 Å². The van der Waals surface area contributed by atoms with Crippen molar-refractivity contribution in [3.8, 4) is 0 Å². The molecule has 0 bridgehead atoms. The average molecular weight is 342 g/mol. The standard InChI is InChI=1S/C10H13BrN2O2S.ClH/c11-8-1-4-16-9(8)10(14)13-2-3-15-7(5-12)6-13;/h1,4,7H,2-3,5-6,12H2;1H. The molecule has 17 heavy (non-hydrogen) atoms. The molecule has 1 saturated heterocycles. The van der Waals surface area contributed by atoms with Crippen LogP contribution in [0.1, 0.15) is 9.67 Å². The van der Waals surface area contributed by atoms with Crippen LogP contribution in [0.5, 0.6) is 0 Å². The highest BCUT2D eigenvalue weighted by Gasteiger charge is 2.25. The van der Waals surface area contributed by atoms with Gasteiger partial charge in [-0.15, -0.1) is 23.7 Å². The minimum Gasteiger partial charge on any atom is -0.373 e. The smallest absolute Gasteiger partial charge is 0.265 e. The van der Waals surface area contributed by atoms with Crippen LogP contribution in [0, 0.1) is 0 Å². The quantitative estimate of drug-likeness (QED) is 0.891. The van der Waals surface area contributed by atoms with Gasteiger partial charge in [0, 0.05) is 24.1 Å². The summed E-state index contributed by atoms with van der Waals surface area (Å²) in [6.45, 7) is 2.24. The molecule has 1 atom stereocenters. The number of nitrogens with zero attached hydrogens (tertiary/aromatic N) is 1. The maximum atomic E-state index is 12.2. The molecule has 0 radical (unpaired) electrons. The maximum absolute atomic E-state index is 12.2. The third-order valence-corrected chi connectivity index (χ3v) is 4.33. The molecule has 0 aliphatic carbocycles. The molecule has 1 fully saturated rings. The summed E-state index contributed by atoms with van der Waals surface area (Å²) in [5.74, 6) is 0.0589. The summed E-state index contributed by atoms with van der Waals surface area (Å²) in [5, 5.41) is 1.90. The summed E-state index contributed by atoms with van der Waals surface area (Å²) >= 11 is 4.82. The summed E-state index contributed by atoms with van der Waals surface area (Å²) in [6.07, 6.45) is -0.0311.